The van der Waals surface area contributed by atoms with Gasteiger partial charge in [-0.3, -0.25) is 14.6 Å². The fourth-order valence-electron chi connectivity index (χ4n) is 7.09. The summed E-state index contributed by atoms with van der Waals surface area (Å²) in [6, 6.07) is 7.88. The van der Waals surface area contributed by atoms with Crippen molar-refractivity contribution >= 4 is 17.7 Å². The molecule has 0 aromatic heterocycles. The van der Waals surface area contributed by atoms with Gasteiger partial charge in [0, 0.05) is 24.8 Å². The molecule has 1 aromatic carbocycles. The van der Waals surface area contributed by atoms with Crippen molar-refractivity contribution < 1.29 is 19.4 Å². The highest BCUT2D eigenvalue weighted by atomic mass is 16.5. The number of nitrogens with one attached hydrogen (secondary N) is 2. The first-order chi connectivity index (χ1) is 18.1. The normalized spacial score (nSPS) is 29.2. The van der Waals surface area contributed by atoms with E-state index in [2.05, 4.69) is 16.7 Å². The fourth-order valence-corrected chi connectivity index (χ4v) is 7.09. The van der Waals surface area contributed by atoms with E-state index in [0.29, 0.717) is 13.0 Å². The summed E-state index contributed by atoms with van der Waals surface area (Å²) in [5.41, 5.74) is 2.31. The molecule has 37 heavy (non-hydrogen) atoms. The Labute approximate surface area is 220 Å². The van der Waals surface area contributed by atoms with Crippen LogP contribution in [0.3, 0.4) is 0 Å². The molecular formula is C30H43N3O4. The minimum Gasteiger partial charge on any atom is -0.481 e. The van der Waals surface area contributed by atoms with Gasteiger partial charge >= 0.3 is 5.97 Å². The second kappa shape index (κ2) is 12.4. The van der Waals surface area contributed by atoms with Gasteiger partial charge < -0.3 is 20.5 Å². The number of carboxylic acid groups (broad SMARTS) is 1. The van der Waals surface area contributed by atoms with Crippen LogP contribution in [-0.4, -0.2) is 54.2 Å². The van der Waals surface area contributed by atoms with Crippen molar-refractivity contribution in [2.24, 2.45) is 22.7 Å². The number of rotatable bonds is 12. The van der Waals surface area contributed by atoms with Crippen molar-refractivity contribution in [1.82, 2.24) is 10.6 Å². The lowest BCUT2D eigenvalue weighted by Gasteiger charge is -2.29. The second-order valence-corrected chi connectivity index (χ2v) is 11.6. The number of aliphatic carboxylic acids is 1. The van der Waals surface area contributed by atoms with Crippen LogP contribution in [0.25, 0.3) is 0 Å². The Hall–Kier alpha value is -2.41. The largest absolute Gasteiger partial charge is 0.481 e. The van der Waals surface area contributed by atoms with Gasteiger partial charge in [-0.2, -0.15) is 0 Å². The molecule has 3 fully saturated rings. The molecule has 5 atom stereocenters. The summed E-state index contributed by atoms with van der Waals surface area (Å²) < 4.78 is 6.34. The molecule has 1 aromatic rings. The lowest BCUT2D eigenvalue weighted by atomic mass is 9.75. The Balaban J connectivity index is 1.12. The maximum Gasteiger partial charge on any atom is 0.303 e. The van der Waals surface area contributed by atoms with Gasteiger partial charge in [-0.25, -0.2) is 0 Å². The van der Waals surface area contributed by atoms with Crippen LogP contribution in [0.4, 0.5) is 0 Å². The van der Waals surface area contributed by atoms with E-state index in [1.165, 1.54) is 50.5 Å². The molecule has 1 amide bonds. The molecule has 7 heteroatoms. The molecule has 3 heterocycles. The van der Waals surface area contributed by atoms with E-state index in [0.717, 1.165) is 49.5 Å². The maximum absolute atomic E-state index is 12.8. The Morgan fingerprint density at radius 2 is 1.81 bits per heavy atom. The topological polar surface area (TPSA) is 100 Å². The van der Waals surface area contributed by atoms with Crippen LogP contribution >= 0.6 is 0 Å². The molecule has 1 saturated carbocycles. The van der Waals surface area contributed by atoms with Gasteiger partial charge in [-0.05, 0) is 49.1 Å². The summed E-state index contributed by atoms with van der Waals surface area (Å²) in [5, 5.41) is 15.7. The first kappa shape index (κ1) is 26.2. The molecule has 1 aliphatic carbocycles. The molecule has 0 radical (unpaired) electrons. The highest BCUT2D eigenvalue weighted by Crippen LogP contribution is 2.46. The van der Waals surface area contributed by atoms with E-state index < -0.39 is 5.97 Å². The lowest BCUT2D eigenvalue weighted by Crippen LogP contribution is -2.48. The van der Waals surface area contributed by atoms with E-state index >= 15 is 0 Å². The van der Waals surface area contributed by atoms with Crippen LogP contribution in [0.5, 0.6) is 0 Å². The standard InChI is InChI=1S/C30H43N3O4/c34-27(35)16-13-21-11-4-5-12-22(21)18-23-25-14-15-26(37-25)28(23)29-32-19-24(33-29)30(36)31-17-7-6-10-20-8-2-1-3-9-20/h4-5,11-12,20,23-26,28H,1-3,6-10,13-19H2,(H,31,36)(H,32,33)(H,34,35)/t23-,24?,25-,26+,28-/m0/s1. The molecular weight excluding hydrogens is 466 g/mol. The van der Waals surface area contributed by atoms with Crippen LogP contribution in [-0.2, 0) is 27.2 Å². The molecule has 5 rings (SSSR count). The van der Waals surface area contributed by atoms with Gasteiger partial charge in [0.05, 0.1) is 18.8 Å². The van der Waals surface area contributed by atoms with Crippen LogP contribution < -0.4 is 10.6 Å². The zero-order valence-electron chi connectivity index (χ0n) is 22.0. The molecule has 4 aliphatic rings. The number of benzene rings is 1. The molecule has 202 valence electrons. The average Bonchev–Trinajstić information content (AvgIpc) is 3.65. The number of amidine groups is 1. The van der Waals surface area contributed by atoms with Crippen molar-refractivity contribution in [2.75, 3.05) is 13.1 Å². The molecule has 7 nitrogen and oxygen atoms in total. The third kappa shape index (κ3) is 6.54. The quantitative estimate of drug-likeness (QED) is 0.365. The number of unbranched alkanes of at least 4 members (excludes halogenated alkanes) is 1. The van der Waals surface area contributed by atoms with Gasteiger partial charge in [0.2, 0.25) is 5.91 Å². The monoisotopic (exact) mass is 509 g/mol. The molecule has 3 aliphatic heterocycles. The minimum absolute atomic E-state index is 0.0519. The predicted octanol–water partition coefficient (Wildman–Crippen LogP) is 4.28. The molecule has 2 bridgehead atoms. The number of carboxylic acids is 1. The Kier molecular flexibility index (Phi) is 8.80. The van der Waals surface area contributed by atoms with Gasteiger partial charge in [0.1, 0.15) is 11.9 Å². The van der Waals surface area contributed by atoms with Crippen LogP contribution in [0.1, 0.15) is 81.8 Å². The van der Waals surface area contributed by atoms with E-state index in [-0.39, 0.29) is 42.4 Å². The third-order valence-electron chi connectivity index (χ3n) is 9.07. The summed E-state index contributed by atoms with van der Waals surface area (Å²) in [6.45, 7) is 1.23. The van der Waals surface area contributed by atoms with Crippen molar-refractivity contribution in [1.29, 1.82) is 0 Å². The number of hydrogen-bond donors (Lipinski definition) is 3. The molecule has 3 N–H and O–H groups in total. The number of carbonyl (C=O) groups is 2. The number of aryl methyl sites for hydroxylation is 1. The van der Waals surface area contributed by atoms with Crippen molar-refractivity contribution in [3.63, 3.8) is 0 Å². The van der Waals surface area contributed by atoms with Gasteiger partial charge in [0.15, 0.2) is 0 Å². The Morgan fingerprint density at radius 1 is 1.03 bits per heavy atom. The smallest absolute Gasteiger partial charge is 0.303 e. The summed E-state index contributed by atoms with van der Waals surface area (Å²) >= 11 is 0. The zero-order chi connectivity index (χ0) is 25.6. The Morgan fingerprint density at radius 3 is 2.62 bits per heavy atom. The van der Waals surface area contributed by atoms with Crippen LogP contribution in [0.2, 0.25) is 0 Å². The number of aliphatic imine (C=N–C) groups is 1. The van der Waals surface area contributed by atoms with Gasteiger partial charge in [0.25, 0.3) is 0 Å². The summed E-state index contributed by atoms with van der Waals surface area (Å²) in [4.78, 5) is 28.8. The zero-order valence-corrected chi connectivity index (χ0v) is 22.0. The minimum atomic E-state index is -0.769. The summed E-state index contributed by atoms with van der Waals surface area (Å²) in [5.74, 6) is 1.57. The highest BCUT2D eigenvalue weighted by Gasteiger charge is 2.52. The third-order valence-corrected chi connectivity index (χ3v) is 9.07. The predicted molar refractivity (Wildman–Crippen MR) is 144 cm³/mol. The number of ether oxygens (including phenoxy) is 1. The average molecular weight is 510 g/mol. The van der Waals surface area contributed by atoms with E-state index in [1.807, 2.05) is 18.2 Å². The molecule has 1 unspecified atom stereocenters. The van der Waals surface area contributed by atoms with Crippen molar-refractivity contribution in [2.45, 2.75) is 102 Å². The Bertz CT molecular complexity index is 973. The van der Waals surface area contributed by atoms with E-state index in [4.69, 9.17) is 14.8 Å². The van der Waals surface area contributed by atoms with Gasteiger partial charge in [-0.15, -0.1) is 0 Å². The summed E-state index contributed by atoms with van der Waals surface area (Å²) in [7, 11) is 0. The van der Waals surface area contributed by atoms with Gasteiger partial charge in [-0.1, -0.05) is 69.2 Å². The van der Waals surface area contributed by atoms with Crippen LogP contribution in [0.15, 0.2) is 29.3 Å². The number of hydrogen-bond acceptors (Lipinski definition) is 5. The van der Waals surface area contributed by atoms with Crippen molar-refractivity contribution in [3.8, 4) is 0 Å². The summed E-state index contributed by atoms with van der Waals surface area (Å²) in [6.07, 6.45) is 14.5. The second-order valence-electron chi connectivity index (χ2n) is 11.6. The highest BCUT2D eigenvalue weighted by molar-refractivity contribution is 5.94. The first-order valence-corrected chi connectivity index (χ1v) is 14.6. The lowest BCUT2D eigenvalue weighted by molar-refractivity contribution is -0.137. The SMILES string of the molecule is O=C(O)CCc1ccccc1C[C@@H]1[C@H](C2=NCC(C(=O)NCCCCC3CCCCC3)N2)[C@H]2CC[C@@H]1O2. The van der Waals surface area contributed by atoms with Crippen molar-refractivity contribution in [3.05, 3.63) is 35.4 Å². The number of fused-ring (bicyclic) bond motifs is 2. The maximum atomic E-state index is 12.8. The number of nitrogens with zero attached hydrogens (tertiary/aromatic N) is 1. The van der Waals surface area contributed by atoms with Crippen LogP contribution in [0, 0.1) is 17.8 Å². The van der Waals surface area contributed by atoms with E-state index in [9.17, 15) is 9.59 Å². The number of amides is 1. The number of carbonyl (C=O) groups excluding carboxylic acids is 1. The molecule has 2 saturated heterocycles. The fraction of sp³-hybridized carbons (Fsp3) is 0.700. The first-order valence-electron chi connectivity index (χ1n) is 14.6. The molecule has 0 spiro atoms. The van der Waals surface area contributed by atoms with E-state index in [1.54, 1.807) is 0 Å².